The molecule has 1 heterocycles. The Kier molecular flexibility index (Phi) is 0.982. The van der Waals surface area contributed by atoms with Crippen molar-refractivity contribution in [2.45, 2.75) is 6.92 Å². The predicted molar refractivity (Wildman–Crippen MR) is 24.0 cm³/mol. The summed E-state index contributed by atoms with van der Waals surface area (Å²) in [4.78, 5) is 3.60. The number of hydrogen-bond acceptors (Lipinski definition) is 3. The lowest BCUT2D eigenvalue weighted by atomic mass is 10.8. The van der Waals surface area contributed by atoms with Crippen molar-refractivity contribution in [3.8, 4) is 0 Å². The lowest BCUT2D eigenvalue weighted by Crippen LogP contribution is -1.67. The summed E-state index contributed by atoms with van der Waals surface area (Å²) in [5.41, 5.74) is 0. The fourth-order valence-electron chi connectivity index (χ4n) is 0.272. The molecular weight excluding hydrogens is 115 g/mol. The maximum atomic E-state index is 5.22. The predicted octanol–water partition coefficient (Wildman–Crippen LogP) is 1.03. The van der Waals surface area contributed by atoms with Gasteiger partial charge in [0, 0.05) is 0 Å². The second kappa shape index (κ2) is 1.50. The van der Waals surface area contributed by atoms with Gasteiger partial charge in [0.15, 0.2) is 5.82 Å². The third kappa shape index (κ3) is 0.899. The maximum Gasteiger partial charge on any atom is 0.320 e. The average Bonchev–Trinajstić information content (AvgIpc) is 1.87. The van der Waals surface area contributed by atoms with Crippen LogP contribution in [0.5, 0.6) is 0 Å². The molecule has 1 rings (SSSR count). The van der Waals surface area contributed by atoms with Gasteiger partial charge in [0.2, 0.25) is 0 Å². The topological polar surface area (TPSA) is 38.9 Å². The first-order valence-corrected chi connectivity index (χ1v) is 2.12. The summed E-state index contributed by atoms with van der Waals surface area (Å²) in [5.74, 6) is 0.560. The van der Waals surface area contributed by atoms with Crippen LogP contribution in [0.1, 0.15) is 5.82 Å². The van der Waals surface area contributed by atoms with Gasteiger partial charge in [0.1, 0.15) is 0 Å². The van der Waals surface area contributed by atoms with Crippen molar-refractivity contribution in [1.82, 2.24) is 10.1 Å². The molecule has 1 aromatic rings. The van der Waals surface area contributed by atoms with Gasteiger partial charge in [-0.05, 0) is 18.5 Å². The Morgan fingerprint density at radius 1 is 1.71 bits per heavy atom. The van der Waals surface area contributed by atoms with E-state index in [4.69, 9.17) is 11.6 Å². The summed E-state index contributed by atoms with van der Waals surface area (Å²) in [6.07, 6.45) is 0. The molecule has 0 spiro atoms. The molecule has 0 atom stereocenters. The molecule has 0 amide bonds. The molecule has 1 aromatic heterocycles. The van der Waals surface area contributed by atoms with E-state index in [1.165, 1.54) is 0 Å². The number of aryl methyl sites for hydroxylation is 1. The highest BCUT2D eigenvalue weighted by Crippen LogP contribution is 2.00. The number of aromatic nitrogens is 2. The van der Waals surface area contributed by atoms with Crippen LogP contribution >= 0.6 is 11.6 Å². The smallest absolute Gasteiger partial charge is 0.320 e. The Labute approximate surface area is 45.3 Å². The van der Waals surface area contributed by atoms with Crippen LogP contribution in [-0.4, -0.2) is 10.1 Å². The first-order valence-electron chi connectivity index (χ1n) is 1.75. The third-order valence-electron chi connectivity index (χ3n) is 0.503. The summed E-state index contributed by atoms with van der Waals surface area (Å²) in [7, 11) is 0. The molecule has 0 aromatic carbocycles. The monoisotopic (exact) mass is 118 g/mol. The van der Waals surface area contributed by atoms with Gasteiger partial charge in [-0.3, -0.25) is 0 Å². The molecule has 0 bridgehead atoms. The van der Waals surface area contributed by atoms with Crippen LogP contribution in [0.15, 0.2) is 4.52 Å². The van der Waals surface area contributed by atoms with Gasteiger partial charge in [0.05, 0.1) is 0 Å². The summed E-state index contributed by atoms with van der Waals surface area (Å²) < 4.78 is 4.37. The Morgan fingerprint density at radius 3 is 2.57 bits per heavy atom. The SMILES string of the molecule is Cc1noc(Cl)n1. The van der Waals surface area contributed by atoms with Crippen molar-refractivity contribution in [2.24, 2.45) is 0 Å². The van der Waals surface area contributed by atoms with Gasteiger partial charge in [-0.2, -0.15) is 4.98 Å². The van der Waals surface area contributed by atoms with Crippen LogP contribution in [0, 0.1) is 6.92 Å². The molecule has 0 radical (unpaired) electrons. The zero-order chi connectivity index (χ0) is 5.28. The normalized spacial score (nSPS) is 9.43. The molecule has 7 heavy (non-hydrogen) atoms. The van der Waals surface area contributed by atoms with Gasteiger partial charge >= 0.3 is 5.35 Å². The molecule has 0 N–H and O–H groups in total. The summed E-state index contributed by atoms with van der Waals surface area (Å²) in [6.45, 7) is 1.70. The Bertz CT molecular complexity index is 145. The highest BCUT2D eigenvalue weighted by atomic mass is 35.5. The van der Waals surface area contributed by atoms with E-state index in [9.17, 15) is 0 Å². The zero-order valence-electron chi connectivity index (χ0n) is 3.68. The van der Waals surface area contributed by atoms with Crippen molar-refractivity contribution < 1.29 is 4.52 Å². The van der Waals surface area contributed by atoms with Gasteiger partial charge in [-0.1, -0.05) is 5.16 Å². The van der Waals surface area contributed by atoms with Crippen molar-refractivity contribution in [2.75, 3.05) is 0 Å². The standard InChI is InChI=1S/C3H3ClN2O/c1-2-5-3(4)7-6-2/h1H3. The lowest BCUT2D eigenvalue weighted by Gasteiger charge is -1.61. The van der Waals surface area contributed by atoms with E-state index in [0.717, 1.165) is 0 Å². The third-order valence-corrected chi connectivity index (χ3v) is 0.656. The molecule has 0 aliphatic heterocycles. The van der Waals surface area contributed by atoms with Crippen LogP contribution in [-0.2, 0) is 0 Å². The Morgan fingerprint density at radius 2 is 2.43 bits per heavy atom. The fraction of sp³-hybridized carbons (Fsp3) is 0.333. The number of rotatable bonds is 0. The molecule has 0 aliphatic rings. The van der Waals surface area contributed by atoms with E-state index in [1.54, 1.807) is 6.92 Å². The van der Waals surface area contributed by atoms with Gasteiger partial charge in [-0.15, -0.1) is 0 Å². The molecule has 38 valence electrons. The first-order chi connectivity index (χ1) is 3.29. The zero-order valence-corrected chi connectivity index (χ0v) is 4.44. The summed E-state index contributed by atoms with van der Waals surface area (Å²) >= 11 is 5.22. The second-order valence-electron chi connectivity index (χ2n) is 1.09. The van der Waals surface area contributed by atoms with E-state index in [-0.39, 0.29) is 5.35 Å². The Hall–Kier alpha value is -0.570. The quantitative estimate of drug-likeness (QED) is 0.511. The van der Waals surface area contributed by atoms with E-state index >= 15 is 0 Å². The number of nitrogens with zero attached hydrogens (tertiary/aromatic N) is 2. The molecule has 0 unspecified atom stereocenters. The van der Waals surface area contributed by atoms with Crippen LogP contribution in [0.3, 0.4) is 0 Å². The fourth-order valence-corrected chi connectivity index (χ4v) is 0.429. The molecule has 0 fully saturated rings. The lowest BCUT2D eigenvalue weighted by molar-refractivity contribution is 0.414. The van der Waals surface area contributed by atoms with E-state index in [0.29, 0.717) is 5.82 Å². The molecule has 4 heteroatoms. The van der Waals surface area contributed by atoms with E-state index in [2.05, 4.69) is 14.7 Å². The minimum atomic E-state index is 0.0949. The van der Waals surface area contributed by atoms with Crippen molar-refractivity contribution in [3.05, 3.63) is 11.2 Å². The minimum absolute atomic E-state index is 0.0949. The molecular formula is C3H3ClN2O. The minimum Gasteiger partial charge on any atom is -0.321 e. The first kappa shape index (κ1) is 4.59. The number of halogens is 1. The molecule has 3 nitrogen and oxygen atoms in total. The average molecular weight is 119 g/mol. The summed E-state index contributed by atoms with van der Waals surface area (Å²) in [5, 5.41) is 3.49. The number of hydrogen-bond donors (Lipinski definition) is 0. The van der Waals surface area contributed by atoms with Crippen LogP contribution in [0.25, 0.3) is 0 Å². The van der Waals surface area contributed by atoms with Crippen LogP contribution in [0.2, 0.25) is 5.35 Å². The summed E-state index contributed by atoms with van der Waals surface area (Å²) in [6, 6.07) is 0. The highest BCUT2D eigenvalue weighted by molar-refractivity contribution is 6.27. The highest BCUT2D eigenvalue weighted by Gasteiger charge is 1.92. The van der Waals surface area contributed by atoms with Gasteiger partial charge < -0.3 is 4.52 Å². The van der Waals surface area contributed by atoms with Crippen molar-refractivity contribution in [1.29, 1.82) is 0 Å². The molecule has 0 aliphatic carbocycles. The van der Waals surface area contributed by atoms with Crippen LogP contribution in [0.4, 0.5) is 0 Å². The maximum absolute atomic E-state index is 5.22. The Balaban J connectivity index is 3.04. The van der Waals surface area contributed by atoms with Gasteiger partial charge in [-0.25, -0.2) is 0 Å². The van der Waals surface area contributed by atoms with Gasteiger partial charge in [0.25, 0.3) is 0 Å². The van der Waals surface area contributed by atoms with E-state index in [1.807, 2.05) is 0 Å². The largest absolute Gasteiger partial charge is 0.321 e. The second-order valence-corrected chi connectivity index (χ2v) is 1.42. The van der Waals surface area contributed by atoms with Crippen molar-refractivity contribution in [3.63, 3.8) is 0 Å². The van der Waals surface area contributed by atoms with E-state index < -0.39 is 0 Å². The molecule has 0 saturated carbocycles. The molecule has 0 saturated heterocycles. The van der Waals surface area contributed by atoms with Crippen molar-refractivity contribution >= 4 is 11.6 Å². The van der Waals surface area contributed by atoms with Crippen LogP contribution < -0.4 is 0 Å².